The molecule has 32 heavy (non-hydrogen) atoms. The molecule has 1 amide bonds. The smallest absolute Gasteiger partial charge is 0.286 e. The van der Waals surface area contributed by atoms with E-state index in [1.807, 2.05) is 30.3 Å². The quantitative estimate of drug-likeness (QED) is 0.297. The topological polar surface area (TPSA) is 129 Å². The Labute approximate surface area is 189 Å². The van der Waals surface area contributed by atoms with E-state index in [4.69, 9.17) is 9.47 Å². The van der Waals surface area contributed by atoms with Crippen LogP contribution in [0.4, 0.5) is 10.8 Å². The fraction of sp³-hybridized carbons (Fsp3) is 0.100. The van der Waals surface area contributed by atoms with Gasteiger partial charge in [0.2, 0.25) is 5.13 Å². The number of nitro benzene ring substituents is 1. The van der Waals surface area contributed by atoms with Crippen molar-refractivity contribution in [2.45, 2.75) is 6.61 Å². The van der Waals surface area contributed by atoms with E-state index in [1.165, 1.54) is 24.5 Å². The normalized spacial score (nSPS) is 10.5. The first-order chi connectivity index (χ1) is 15.5. The lowest BCUT2D eigenvalue weighted by atomic mass is 10.1. The Bertz CT molecular complexity index is 1240. The third-order valence-corrected chi connectivity index (χ3v) is 5.77. The summed E-state index contributed by atoms with van der Waals surface area (Å²) in [7, 11) is 1.38. The molecule has 12 heteroatoms. The molecular weight excluding hydrogens is 454 g/mol. The molecule has 2 aromatic carbocycles. The first-order valence-corrected chi connectivity index (χ1v) is 10.9. The molecule has 0 unspecified atom stereocenters. The Kier molecular flexibility index (Phi) is 6.33. The van der Waals surface area contributed by atoms with Crippen LogP contribution in [0, 0.1) is 10.1 Å². The standard InChI is InChI=1S/C20H15N5O5S2/c1-29-16-7-14(15(25(27)28)8-17(16)30-9-13-10-31-11-21-13)18(26)22-20-24-23-19(32-20)12-5-3-2-4-6-12/h2-8,10-11H,9H2,1H3,(H,22,24,26). The minimum absolute atomic E-state index is 0.107. The lowest BCUT2D eigenvalue weighted by Crippen LogP contribution is -2.14. The number of nitrogens with one attached hydrogen (secondary N) is 1. The van der Waals surface area contributed by atoms with E-state index in [2.05, 4.69) is 20.5 Å². The number of benzene rings is 2. The van der Waals surface area contributed by atoms with Gasteiger partial charge in [0.1, 0.15) is 17.2 Å². The van der Waals surface area contributed by atoms with Gasteiger partial charge in [0.25, 0.3) is 11.6 Å². The van der Waals surface area contributed by atoms with Crippen molar-refractivity contribution in [2.24, 2.45) is 0 Å². The van der Waals surface area contributed by atoms with Crippen molar-refractivity contribution in [3.63, 3.8) is 0 Å². The molecule has 0 saturated heterocycles. The zero-order valence-corrected chi connectivity index (χ0v) is 18.2. The Morgan fingerprint density at radius 2 is 2.00 bits per heavy atom. The highest BCUT2D eigenvalue weighted by atomic mass is 32.1. The lowest BCUT2D eigenvalue weighted by molar-refractivity contribution is -0.385. The Balaban J connectivity index is 1.58. The van der Waals surface area contributed by atoms with Crippen molar-refractivity contribution < 1.29 is 19.2 Å². The first kappa shape index (κ1) is 21.3. The summed E-state index contributed by atoms with van der Waals surface area (Å²) >= 11 is 2.56. The van der Waals surface area contributed by atoms with Crippen molar-refractivity contribution in [2.75, 3.05) is 12.4 Å². The fourth-order valence-electron chi connectivity index (χ4n) is 2.75. The van der Waals surface area contributed by atoms with Crippen LogP contribution in [-0.2, 0) is 6.61 Å². The summed E-state index contributed by atoms with van der Waals surface area (Å²) in [5, 5.41) is 24.8. The number of amides is 1. The van der Waals surface area contributed by atoms with E-state index in [9.17, 15) is 14.9 Å². The van der Waals surface area contributed by atoms with Crippen molar-refractivity contribution in [1.82, 2.24) is 15.2 Å². The highest BCUT2D eigenvalue weighted by Crippen LogP contribution is 2.36. The second kappa shape index (κ2) is 9.49. The summed E-state index contributed by atoms with van der Waals surface area (Å²) < 4.78 is 10.9. The van der Waals surface area contributed by atoms with E-state index in [0.29, 0.717) is 10.7 Å². The molecule has 2 heterocycles. The monoisotopic (exact) mass is 469 g/mol. The maximum absolute atomic E-state index is 12.8. The lowest BCUT2D eigenvalue weighted by Gasteiger charge is -2.12. The molecular formula is C20H15N5O5S2. The van der Waals surface area contributed by atoms with Crippen molar-refractivity contribution in [3.8, 4) is 22.1 Å². The molecule has 4 aromatic rings. The number of aromatic nitrogens is 3. The largest absolute Gasteiger partial charge is 0.493 e. The third kappa shape index (κ3) is 4.71. The predicted molar refractivity (Wildman–Crippen MR) is 119 cm³/mol. The number of anilines is 1. The van der Waals surface area contributed by atoms with Gasteiger partial charge in [-0.3, -0.25) is 20.2 Å². The molecule has 2 aromatic heterocycles. The molecule has 162 valence electrons. The van der Waals surface area contributed by atoms with Gasteiger partial charge in [-0.1, -0.05) is 41.7 Å². The van der Waals surface area contributed by atoms with Crippen molar-refractivity contribution in [3.05, 3.63) is 74.7 Å². The molecule has 0 spiro atoms. The molecule has 1 N–H and O–H groups in total. The van der Waals surface area contributed by atoms with Gasteiger partial charge < -0.3 is 9.47 Å². The highest BCUT2D eigenvalue weighted by Gasteiger charge is 2.26. The van der Waals surface area contributed by atoms with Crippen LogP contribution in [0.25, 0.3) is 10.6 Å². The highest BCUT2D eigenvalue weighted by molar-refractivity contribution is 7.18. The number of carbonyl (C=O) groups is 1. The molecule has 0 atom stereocenters. The number of ether oxygens (including phenoxy) is 2. The van der Waals surface area contributed by atoms with Crippen LogP contribution in [0.1, 0.15) is 16.1 Å². The van der Waals surface area contributed by atoms with Crippen LogP contribution in [0.3, 0.4) is 0 Å². The summed E-state index contributed by atoms with van der Waals surface area (Å²) in [5.74, 6) is -0.402. The van der Waals surface area contributed by atoms with E-state index in [-0.39, 0.29) is 28.8 Å². The first-order valence-electron chi connectivity index (χ1n) is 9.11. The number of carbonyl (C=O) groups excluding carboxylic acids is 1. The van der Waals surface area contributed by atoms with Crippen LogP contribution in [0.5, 0.6) is 11.5 Å². The van der Waals surface area contributed by atoms with Gasteiger partial charge in [-0.05, 0) is 0 Å². The van der Waals surface area contributed by atoms with Gasteiger partial charge in [-0.25, -0.2) is 4.98 Å². The van der Waals surface area contributed by atoms with E-state index < -0.39 is 16.5 Å². The second-order valence-corrected chi connectivity index (χ2v) is 7.97. The Morgan fingerprint density at radius 3 is 2.69 bits per heavy atom. The van der Waals surface area contributed by atoms with Crippen LogP contribution < -0.4 is 14.8 Å². The second-order valence-electron chi connectivity index (χ2n) is 6.28. The summed E-state index contributed by atoms with van der Waals surface area (Å²) in [4.78, 5) is 27.9. The SMILES string of the molecule is COc1cc(C(=O)Nc2nnc(-c3ccccc3)s2)c([N+](=O)[O-])cc1OCc1cscn1. The van der Waals surface area contributed by atoms with Gasteiger partial charge in [0, 0.05) is 17.0 Å². The van der Waals surface area contributed by atoms with Crippen LogP contribution in [-0.4, -0.2) is 33.1 Å². The number of nitrogens with zero attached hydrogens (tertiary/aromatic N) is 4. The summed E-state index contributed by atoms with van der Waals surface area (Å²) in [5.41, 5.74) is 2.56. The molecule has 0 aliphatic heterocycles. The molecule has 0 aliphatic carbocycles. The number of hydrogen-bond donors (Lipinski definition) is 1. The third-order valence-electron chi connectivity index (χ3n) is 4.25. The van der Waals surface area contributed by atoms with Gasteiger partial charge in [0.15, 0.2) is 11.5 Å². The summed E-state index contributed by atoms with van der Waals surface area (Å²) in [6.07, 6.45) is 0. The molecule has 0 saturated carbocycles. The minimum atomic E-state index is -0.711. The number of methoxy groups -OCH3 is 1. The fourth-order valence-corrected chi connectivity index (χ4v) is 4.04. The van der Waals surface area contributed by atoms with E-state index >= 15 is 0 Å². The predicted octanol–water partition coefficient (Wildman–Crippen LogP) is 4.41. The number of hydrogen-bond acceptors (Lipinski definition) is 10. The molecule has 0 fully saturated rings. The maximum Gasteiger partial charge on any atom is 0.286 e. The van der Waals surface area contributed by atoms with E-state index in [0.717, 1.165) is 23.0 Å². The summed E-state index contributed by atoms with van der Waals surface area (Å²) in [6, 6.07) is 11.8. The average molecular weight is 470 g/mol. The van der Waals surface area contributed by atoms with Crippen molar-refractivity contribution in [1.29, 1.82) is 0 Å². The summed E-state index contributed by atoms with van der Waals surface area (Å²) in [6.45, 7) is 0.107. The molecule has 10 nitrogen and oxygen atoms in total. The molecule has 0 bridgehead atoms. The van der Waals surface area contributed by atoms with Gasteiger partial charge in [0.05, 0.1) is 29.3 Å². The maximum atomic E-state index is 12.8. The molecule has 0 aliphatic rings. The molecule has 0 radical (unpaired) electrons. The van der Waals surface area contributed by atoms with E-state index in [1.54, 1.807) is 10.9 Å². The number of thiazole rings is 1. The zero-order chi connectivity index (χ0) is 22.5. The van der Waals surface area contributed by atoms with Gasteiger partial charge in [-0.15, -0.1) is 21.5 Å². The van der Waals surface area contributed by atoms with Crippen LogP contribution in [0.15, 0.2) is 53.4 Å². The van der Waals surface area contributed by atoms with Crippen LogP contribution >= 0.6 is 22.7 Å². The average Bonchev–Trinajstić information content (AvgIpc) is 3.50. The number of nitro groups is 1. The zero-order valence-electron chi connectivity index (χ0n) is 16.5. The van der Waals surface area contributed by atoms with Gasteiger partial charge >= 0.3 is 0 Å². The number of rotatable bonds is 8. The van der Waals surface area contributed by atoms with Crippen LogP contribution in [0.2, 0.25) is 0 Å². The van der Waals surface area contributed by atoms with Crippen molar-refractivity contribution >= 4 is 39.4 Å². The Morgan fingerprint density at radius 1 is 1.19 bits per heavy atom. The minimum Gasteiger partial charge on any atom is -0.493 e. The Hall–Kier alpha value is -3.90. The van der Waals surface area contributed by atoms with Gasteiger partial charge in [-0.2, -0.15) is 0 Å². The molecule has 4 rings (SSSR count).